The smallest absolute Gasteiger partial charge is 0.252 e. The number of hydrogen-bond acceptors (Lipinski definition) is 7. The maximum absolute atomic E-state index is 12.9. The SMILES string of the molecule is CCOc1ccc(Oc2cc(CNC(=O)c3ccccc3SCc3cc(C)no3)ccn2)cc1. The van der Waals surface area contributed by atoms with E-state index in [1.165, 1.54) is 11.8 Å². The van der Waals surface area contributed by atoms with E-state index in [0.29, 0.717) is 36.1 Å². The Balaban J connectivity index is 1.36. The standard InChI is InChI=1S/C26H25N3O4S/c1-3-31-20-8-10-21(11-9-20)32-25-15-19(12-13-27-25)16-28-26(30)23-6-4-5-7-24(23)34-17-22-14-18(2)29-33-22/h4-15H,3,16-17H2,1-2H3,(H,28,30). The Morgan fingerprint density at radius 2 is 1.85 bits per heavy atom. The van der Waals surface area contributed by atoms with E-state index < -0.39 is 0 Å². The molecule has 0 saturated carbocycles. The van der Waals surface area contributed by atoms with Crippen molar-refractivity contribution in [3.8, 4) is 17.4 Å². The summed E-state index contributed by atoms with van der Waals surface area (Å²) < 4.78 is 16.6. The largest absolute Gasteiger partial charge is 0.494 e. The van der Waals surface area contributed by atoms with Crippen LogP contribution >= 0.6 is 11.8 Å². The van der Waals surface area contributed by atoms with Gasteiger partial charge in [0.25, 0.3) is 5.91 Å². The fourth-order valence-corrected chi connectivity index (χ4v) is 4.12. The van der Waals surface area contributed by atoms with Gasteiger partial charge in [-0.2, -0.15) is 0 Å². The average molecular weight is 476 g/mol. The number of thioether (sulfide) groups is 1. The van der Waals surface area contributed by atoms with E-state index >= 15 is 0 Å². The second kappa shape index (κ2) is 11.4. The third-order valence-corrected chi connectivity index (χ3v) is 5.88. The first-order chi connectivity index (χ1) is 16.6. The number of aryl methyl sites for hydroxylation is 1. The van der Waals surface area contributed by atoms with Gasteiger partial charge in [0.15, 0.2) is 0 Å². The highest BCUT2D eigenvalue weighted by Crippen LogP contribution is 2.27. The molecule has 0 fully saturated rings. The minimum Gasteiger partial charge on any atom is -0.494 e. The predicted molar refractivity (Wildman–Crippen MR) is 130 cm³/mol. The highest BCUT2D eigenvalue weighted by atomic mass is 32.2. The maximum Gasteiger partial charge on any atom is 0.252 e. The van der Waals surface area contributed by atoms with E-state index in [0.717, 1.165) is 27.7 Å². The summed E-state index contributed by atoms with van der Waals surface area (Å²) in [6.45, 7) is 4.78. The van der Waals surface area contributed by atoms with Crippen LogP contribution in [0.15, 0.2) is 82.3 Å². The van der Waals surface area contributed by atoms with Crippen molar-refractivity contribution < 1.29 is 18.8 Å². The number of pyridine rings is 1. The van der Waals surface area contributed by atoms with Crippen LogP contribution in [0.2, 0.25) is 0 Å². The second-order valence-corrected chi connectivity index (χ2v) is 8.43. The molecule has 4 rings (SSSR count). The second-order valence-electron chi connectivity index (χ2n) is 7.41. The van der Waals surface area contributed by atoms with Crippen LogP contribution in [0.25, 0.3) is 0 Å². The molecule has 0 spiro atoms. The van der Waals surface area contributed by atoms with Crippen molar-refractivity contribution >= 4 is 17.7 Å². The van der Waals surface area contributed by atoms with Crippen LogP contribution in [0, 0.1) is 6.92 Å². The molecule has 0 unspecified atom stereocenters. The lowest BCUT2D eigenvalue weighted by molar-refractivity contribution is 0.0948. The molecule has 0 aliphatic rings. The Hall–Kier alpha value is -3.78. The summed E-state index contributed by atoms with van der Waals surface area (Å²) in [5.41, 5.74) is 2.33. The first kappa shape index (κ1) is 23.4. The monoisotopic (exact) mass is 475 g/mol. The van der Waals surface area contributed by atoms with Gasteiger partial charge in [-0.05, 0) is 61.9 Å². The molecule has 0 atom stereocenters. The molecule has 2 aromatic carbocycles. The summed E-state index contributed by atoms with van der Waals surface area (Å²) in [7, 11) is 0. The molecule has 1 amide bonds. The molecular formula is C26H25N3O4S. The van der Waals surface area contributed by atoms with Gasteiger partial charge in [0.1, 0.15) is 17.3 Å². The number of carbonyl (C=O) groups excluding carboxylic acids is 1. The van der Waals surface area contributed by atoms with E-state index in [-0.39, 0.29) is 5.91 Å². The van der Waals surface area contributed by atoms with Crippen molar-refractivity contribution in [3.63, 3.8) is 0 Å². The Morgan fingerprint density at radius 1 is 1.06 bits per heavy atom. The fraction of sp³-hybridized carbons (Fsp3) is 0.192. The molecule has 0 aliphatic carbocycles. The van der Waals surface area contributed by atoms with Gasteiger partial charge in [-0.3, -0.25) is 4.79 Å². The van der Waals surface area contributed by atoms with Gasteiger partial charge in [0, 0.05) is 29.8 Å². The number of aromatic nitrogens is 2. The summed E-state index contributed by atoms with van der Waals surface area (Å²) in [6, 6.07) is 20.4. The molecule has 4 aromatic rings. The lowest BCUT2D eigenvalue weighted by Gasteiger charge is -2.11. The average Bonchev–Trinajstić information content (AvgIpc) is 3.28. The zero-order valence-corrected chi connectivity index (χ0v) is 19.8. The number of carbonyl (C=O) groups is 1. The van der Waals surface area contributed by atoms with Crippen LogP contribution in [0.3, 0.4) is 0 Å². The molecule has 0 saturated heterocycles. The molecule has 34 heavy (non-hydrogen) atoms. The molecule has 2 heterocycles. The van der Waals surface area contributed by atoms with Gasteiger partial charge in [-0.25, -0.2) is 4.98 Å². The van der Waals surface area contributed by atoms with E-state index in [1.54, 1.807) is 6.20 Å². The number of ether oxygens (including phenoxy) is 2. The van der Waals surface area contributed by atoms with Crippen LogP contribution in [-0.2, 0) is 12.3 Å². The first-order valence-electron chi connectivity index (χ1n) is 10.9. The normalized spacial score (nSPS) is 10.6. The number of amides is 1. The molecule has 174 valence electrons. The van der Waals surface area contributed by atoms with Gasteiger partial charge < -0.3 is 19.3 Å². The zero-order valence-electron chi connectivity index (χ0n) is 19.0. The van der Waals surface area contributed by atoms with Crippen molar-refractivity contribution in [1.82, 2.24) is 15.5 Å². The third kappa shape index (κ3) is 6.39. The first-order valence-corrected chi connectivity index (χ1v) is 11.9. The van der Waals surface area contributed by atoms with Crippen molar-refractivity contribution in [2.45, 2.75) is 31.0 Å². The van der Waals surface area contributed by atoms with E-state index in [1.807, 2.05) is 80.6 Å². The van der Waals surface area contributed by atoms with Crippen LogP contribution in [0.4, 0.5) is 0 Å². The molecule has 8 heteroatoms. The number of nitrogens with one attached hydrogen (secondary N) is 1. The Morgan fingerprint density at radius 3 is 2.62 bits per heavy atom. The molecule has 2 aromatic heterocycles. The minimum absolute atomic E-state index is 0.150. The molecule has 0 aliphatic heterocycles. The summed E-state index contributed by atoms with van der Waals surface area (Å²) in [5, 5.41) is 6.89. The third-order valence-electron chi connectivity index (χ3n) is 4.79. The highest BCUT2D eigenvalue weighted by Gasteiger charge is 2.13. The van der Waals surface area contributed by atoms with E-state index in [2.05, 4.69) is 15.5 Å². The number of hydrogen-bond donors (Lipinski definition) is 1. The van der Waals surface area contributed by atoms with Crippen LogP contribution in [-0.4, -0.2) is 22.7 Å². The number of benzene rings is 2. The highest BCUT2D eigenvalue weighted by molar-refractivity contribution is 7.98. The zero-order chi connectivity index (χ0) is 23.8. The fourth-order valence-electron chi connectivity index (χ4n) is 3.20. The van der Waals surface area contributed by atoms with Crippen molar-refractivity contribution in [2.24, 2.45) is 0 Å². The summed E-state index contributed by atoms with van der Waals surface area (Å²) in [6.07, 6.45) is 1.66. The van der Waals surface area contributed by atoms with E-state index in [4.69, 9.17) is 14.0 Å². The quantitative estimate of drug-likeness (QED) is 0.290. The molecule has 7 nitrogen and oxygen atoms in total. The van der Waals surface area contributed by atoms with Gasteiger partial charge in [0.2, 0.25) is 5.88 Å². The molecule has 0 bridgehead atoms. The van der Waals surface area contributed by atoms with Crippen LogP contribution in [0.1, 0.15) is 34.3 Å². The van der Waals surface area contributed by atoms with E-state index in [9.17, 15) is 4.79 Å². The van der Waals surface area contributed by atoms with Gasteiger partial charge in [0.05, 0.1) is 23.6 Å². The predicted octanol–water partition coefficient (Wildman–Crippen LogP) is 5.79. The minimum atomic E-state index is -0.150. The van der Waals surface area contributed by atoms with Crippen LogP contribution < -0.4 is 14.8 Å². The lowest BCUT2D eigenvalue weighted by atomic mass is 10.2. The Kier molecular flexibility index (Phi) is 7.83. The summed E-state index contributed by atoms with van der Waals surface area (Å²) >= 11 is 1.54. The van der Waals surface area contributed by atoms with Gasteiger partial charge >= 0.3 is 0 Å². The van der Waals surface area contributed by atoms with Crippen LogP contribution in [0.5, 0.6) is 17.4 Å². The molecule has 0 radical (unpaired) electrons. The number of nitrogens with zero attached hydrogens (tertiary/aromatic N) is 2. The Labute approximate surface area is 202 Å². The maximum atomic E-state index is 12.9. The van der Waals surface area contributed by atoms with Gasteiger partial charge in [-0.15, -0.1) is 11.8 Å². The lowest BCUT2D eigenvalue weighted by Crippen LogP contribution is -2.23. The van der Waals surface area contributed by atoms with Crippen molar-refractivity contribution in [1.29, 1.82) is 0 Å². The Bertz CT molecular complexity index is 1240. The summed E-state index contributed by atoms with van der Waals surface area (Å²) in [4.78, 5) is 18.0. The summed E-state index contributed by atoms with van der Waals surface area (Å²) in [5.74, 6) is 3.12. The van der Waals surface area contributed by atoms with Gasteiger partial charge in [-0.1, -0.05) is 17.3 Å². The number of rotatable bonds is 10. The molecule has 1 N–H and O–H groups in total. The van der Waals surface area contributed by atoms with Crippen molar-refractivity contribution in [3.05, 3.63) is 95.5 Å². The molecular weight excluding hydrogens is 450 g/mol. The van der Waals surface area contributed by atoms with Crippen molar-refractivity contribution in [2.75, 3.05) is 6.61 Å². The topological polar surface area (TPSA) is 86.5 Å².